The fraction of sp³-hybridized carbons (Fsp3) is 0.444. The van der Waals surface area contributed by atoms with Gasteiger partial charge in [-0.2, -0.15) is 0 Å². The van der Waals surface area contributed by atoms with E-state index in [1.165, 1.54) is 37.0 Å². The molecule has 3 amide bonds. The molecule has 0 radical (unpaired) electrons. The highest BCUT2D eigenvalue weighted by Gasteiger charge is 2.46. The maximum atomic E-state index is 13.2. The predicted octanol–water partition coefficient (Wildman–Crippen LogP) is 5.59. The Kier molecular flexibility index (Phi) is 8.42. The minimum atomic E-state index is -0.701. The predicted molar refractivity (Wildman–Crippen MR) is 143 cm³/mol. The summed E-state index contributed by atoms with van der Waals surface area (Å²) in [6, 6.07) is 12.7. The van der Waals surface area contributed by atoms with Crippen LogP contribution in [0.1, 0.15) is 62.1 Å². The Morgan fingerprint density at radius 3 is 2.28 bits per heavy atom. The number of rotatable bonds is 8. The van der Waals surface area contributed by atoms with Gasteiger partial charge in [-0.15, -0.1) is 0 Å². The van der Waals surface area contributed by atoms with E-state index < -0.39 is 5.54 Å². The second kappa shape index (κ2) is 11.5. The number of halogens is 2. The molecule has 2 aliphatic rings. The molecule has 2 aromatic carbocycles. The summed E-state index contributed by atoms with van der Waals surface area (Å²) in [7, 11) is 0. The van der Waals surface area contributed by atoms with Crippen molar-refractivity contribution in [2.45, 2.75) is 70.6 Å². The van der Waals surface area contributed by atoms with Crippen LogP contribution >= 0.6 is 23.2 Å². The molecule has 4 N–H and O–H groups in total. The summed E-state index contributed by atoms with van der Waals surface area (Å²) >= 11 is 11.9. The molecule has 1 heterocycles. The molecule has 7 nitrogen and oxygen atoms in total. The van der Waals surface area contributed by atoms with E-state index in [1.807, 2.05) is 37.3 Å². The van der Waals surface area contributed by atoms with Crippen molar-refractivity contribution in [3.8, 4) is 0 Å². The number of guanidine groups is 1. The number of amides is 3. The van der Waals surface area contributed by atoms with Gasteiger partial charge in [0.25, 0.3) is 5.91 Å². The Hall–Kier alpha value is -2.77. The quantitative estimate of drug-likeness (QED) is 0.358. The van der Waals surface area contributed by atoms with E-state index in [-0.39, 0.29) is 17.9 Å². The Balaban J connectivity index is 1.25. The van der Waals surface area contributed by atoms with Gasteiger partial charge in [-0.1, -0.05) is 85.6 Å². The maximum absolute atomic E-state index is 13.2. The maximum Gasteiger partial charge on any atom is 0.315 e. The lowest BCUT2D eigenvalue weighted by atomic mass is 9.80. The van der Waals surface area contributed by atoms with Crippen LogP contribution in [0, 0.1) is 11.3 Å². The molecule has 192 valence electrons. The standard InChI is InChI=1S/C27H33Cl2N5O2/c1-27(14-18-5-3-2-4-6-18)24(35)34(25(30)33-27)17-20-9-7-19(8-10-20)15-31-26(36)32-16-21-11-12-22(28)23(29)13-21/h7-13,18H,2-6,14-17H2,1H3,(H2,30,33)(H2,31,32,36). The van der Waals surface area contributed by atoms with Crippen molar-refractivity contribution >= 4 is 41.1 Å². The molecule has 0 spiro atoms. The van der Waals surface area contributed by atoms with Gasteiger partial charge in [-0.25, -0.2) is 4.79 Å². The van der Waals surface area contributed by atoms with Crippen molar-refractivity contribution in [3.63, 3.8) is 0 Å². The fourth-order valence-corrected chi connectivity index (χ4v) is 5.38. The van der Waals surface area contributed by atoms with Gasteiger partial charge in [0, 0.05) is 13.1 Å². The first-order valence-electron chi connectivity index (χ1n) is 12.5. The lowest BCUT2D eigenvalue weighted by Crippen LogP contribution is -2.45. The molecule has 1 atom stereocenters. The molecule has 1 aliphatic heterocycles. The summed E-state index contributed by atoms with van der Waals surface area (Å²) in [5.41, 5.74) is 2.03. The normalized spacial score (nSPS) is 20.4. The summed E-state index contributed by atoms with van der Waals surface area (Å²) < 4.78 is 0. The number of carbonyl (C=O) groups is 2. The fourth-order valence-electron chi connectivity index (χ4n) is 5.06. The number of carbonyl (C=O) groups excluding carboxylic acids is 2. The number of hydrogen-bond acceptors (Lipinski definition) is 3. The molecule has 0 aromatic heterocycles. The Morgan fingerprint density at radius 2 is 1.61 bits per heavy atom. The lowest BCUT2D eigenvalue weighted by Gasteiger charge is -2.30. The summed E-state index contributed by atoms with van der Waals surface area (Å²) in [4.78, 5) is 26.9. The topological polar surface area (TPSA) is 97.3 Å². The second-order valence-electron chi connectivity index (χ2n) is 10.0. The minimum Gasteiger partial charge on any atom is -0.342 e. The average molecular weight is 531 g/mol. The SMILES string of the molecule is CC1(CC2CCCCC2)NC(=N)N(Cc2ccc(CNC(=O)NCc3ccc(Cl)c(Cl)c3)cc2)C1=O. The molecule has 1 saturated carbocycles. The zero-order chi connectivity index (χ0) is 25.7. The van der Waals surface area contributed by atoms with E-state index in [0.717, 1.165) is 23.1 Å². The Bertz CT molecular complexity index is 1120. The van der Waals surface area contributed by atoms with Gasteiger partial charge in [0.2, 0.25) is 0 Å². The van der Waals surface area contributed by atoms with Crippen LogP contribution in [-0.4, -0.2) is 28.3 Å². The van der Waals surface area contributed by atoms with Gasteiger partial charge in [0.05, 0.1) is 16.6 Å². The molecular weight excluding hydrogens is 497 g/mol. The largest absolute Gasteiger partial charge is 0.342 e. The van der Waals surface area contributed by atoms with Gasteiger partial charge in [0.1, 0.15) is 5.54 Å². The van der Waals surface area contributed by atoms with Crippen LogP contribution in [0.5, 0.6) is 0 Å². The van der Waals surface area contributed by atoms with Crippen LogP contribution in [0.15, 0.2) is 42.5 Å². The number of nitrogens with zero attached hydrogens (tertiary/aromatic N) is 1. The third-order valence-corrected chi connectivity index (χ3v) is 7.80. The molecular formula is C27H33Cl2N5O2. The van der Waals surface area contributed by atoms with Crippen LogP contribution in [0.2, 0.25) is 10.0 Å². The van der Waals surface area contributed by atoms with E-state index in [2.05, 4.69) is 16.0 Å². The molecule has 9 heteroatoms. The highest BCUT2D eigenvalue weighted by molar-refractivity contribution is 6.42. The molecule has 2 fully saturated rings. The van der Waals surface area contributed by atoms with Crippen molar-refractivity contribution in [1.82, 2.24) is 20.9 Å². The first-order valence-corrected chi connectivity index (χ1v) is 13.2. The van der Waals surface area contributed by atoms with Crippen LogP contribution in [0.3, 0.4) is 0 Å². The Labute approximate surface area is 222 Å². The third kappa shape index (κ3) is 6.51. The van der Waals surface area contributed by atoms with Crippen LogP contribution in [0.25, 0.3) is 0 Å². The van der Waals surface area contributed by atoms with Crippen molar-refractivity contribution in [1.29, 1.82) is 5.41 Å². The second-order valence-corrected chi connectivity index (χ2v) is 10.8. The van der Waals surface area contributed by atoms with Crippen LogP contribution in [0.4, 0.5) is 4.79 Å². The van der Waals surface area contributed by atoms with Gasteiger partial charge in [0.15, 0.2) is 5.96 Å². The van der Waals surface area contributed by atoms with Gasteiger partial charge in [-0.05, 0) is 48.1 Å². The summed E-state index contributed by atoms with van der Waals surface area (Å²) in [5, 5.41) is 18.1. The molecule has 1 saturated heterocycles. The van der Waals surface area contributed by atoms with Gasteiger partial charge < -0.3 is 16.0 Å². The number of benzene rings is 2. The van der Waals surface area contributed by atoms with E-state index >= 15 is 0 Å². The zero-order valence-corrected chi connectivity index (χ0v) is 22.0. The molecule has 1 unspecified atom stereocenters. The lowest BCUT2D eigenvalue weighted by molar-refractivity contribution is -0.131. The first-order chi connectivity index (χ1) is 17.2. The van der Waals surface area contributed by atoms with Crippen molar-refractivity contribution < 1.29 is 9.59 Å². The molecule has 1 aliphatic carbocycles. The number of nitrogens with one attached hydrogen (secondary N) is 4. The van der Waals surface area contributed by atoms with Gasteiger partial charge >= 0.3 is 6.03 Å². The van der Waals surface area contributed by atoms with E-state index in [9.17, 15) is 9.59 Å². The smallest absolute Gasteiger partial charge is 0.315 e. The highest BCUT2D eigenvalue weighted by atomic mass is 35.5. The van der Waals surface area contributed by atoms with E-state index in [4.69, 9.17) is 28.6 Å². The number of urea groups is 1. The van der Waals surface area contributed by atoms with Crippen LogP contribution in [-0.2, 0) is 24.4 Å². The van der Waals surface area contributed by atoms with Crippen LogP contribution < -0.4 is 16.0 Å². The highest BCUT2D eigenvalue weighted by Crippen LogP contribution is 2.33. The summed E-state index contributed by atoms with van der Waals surface area (Å²) in [6.07, 6.45) is 6.86. The van der Waals surface area contributed by atoms with E-state index in [0.29, 0.717) is 35.6 Å². The first kappa shape index (κ1) is 26.3. The molecule has 0 bridgehead atoms. The summed E-state index contributed by atoms with van der Waals surface area (Å²) in [5.74, 6) is 0.686. The van der Waals surface area contributed by atoms with Gasteiger partial charge in [-0.3, -0.25) is 15.1 Å². The third-order valence-electron chi connectivity index (χ3n) is 7.06. The van der Waals surface area contributed by atoms with Crippen molar-refractivity contribution in [3.05, 3.63) is 69.2 Å². The minimum absolute atomic E-state index is 0.0255. The number of hydrogen-bond donors (Lipinski definition) is 4. The van der Waals surface area contributed by atoms with Crippen molar-refractivity contribution in [2.24, 2.45) is 5.92 Å². The molecule has 4 rings (SSSR count). The van der Waals surface area contributed by atoms with Crippen molar-refractivity contribution in [2.75, 3.05) is 0 Å². The molecule has 2 aromatic rings. The van der Waals surface area contributed by atoms with E-state index in [1.54, 1.807) is 12.1 Å². The average Bonchev–Trinajstić information content (AvgIpc) is 3.07. The summed E-state index contributed by atoms with van der Waals surface area (Å²) in [6.45, 7) is 2.99. The Morgan fingerprint density at radius 1 is 1.00 bits per heavy atom. The molecule has 36 heavy (non-hydrogen) atoms. The monoisotopic (exact) mass is 529 g/mol. The zero-order valence-electron chi connectivity index (χ0n) is 20.5.